The molecule has 3 aliphatic rings. The number of carbonyl (C=O) groups is 2. The number of hydrogen-bond donors (Lipinski definition) is 0. The Morgan fingerprint density at radius 1 is 1.21 bits per heavy atom. The number of rotatable bonds is 4. The first-order chi connectivity index (χ1) is 15.5. The molecule has 0 amide bonds. The maximum atomic E-state index is 14.0. The van der Waals surface area contributed by atoms with Crippen molar-refractivity contribution >= 4 is 17.5 Å². The van der Waals surface area contributed by atoms with E-state index in [0.717, 1.165) is 18.9 Å². The molecule has 2 aliphatic heterocycles. The predicted octanol–water partition coefficient (Wildman–Crippen LogP) is 5.25. The van der Waals surface area contributed by atoms with E-state index in [1.165, 1.54) is 18.2 Å². The number of ketones is 1. The van der Waals surface area contributed by atoms with E-state index in [1.807, 2.05) is 13.8 Å². The standard InChI is InChI=1S/C25H28F3NO4/c1-14-20(23(31)33-13-15-7-6-10-32-15)21(16-8-4-5-9-17(16)25(26,27)28)22-18(29-14)11-24(2,3)12-19(22)30/h4-5,8-9,15,21-22H,6-7,10-13H2,1-3H3/t15-,21+,22+/m0/s1. The van der Waals surface area contributed by atoms with Gasteiger partial charge in [0, 0.05) is 30.4 Å². The molecule has 0 aromatic heterocycles. The molecule has 33 heavy (non-hydrogen) atoms. The number of ether oxygens (including phenoxy) is 2. The van der Waals surface area contributed by atoms with Crippen molar-refractivity contribution in [3.8, 4) is 0 Å². The lowest BCUT2D eigenvalue weighted by atomic mass is 9.63. The van der Waals surface area contributed by atoms with Crippen LogP contribution in [0.5, 0.6) is 0 Å². The van der Waals surface area contributed by atoms with Crippen molar-refractivity contribution in [1.82, 2.24) is 0 Å². The largest absolute Gasteiger partial charge is 0.460 e. The van der Waals surface area contributed by atoms with Crippen molar-refractivity contribution in [3.05, 3.63) is 46.7 Å². The number of fused-ring (bicyclic) bond motifs is 1. The van der Waals surface area contributed by atoms with E-state index >= 15 is 0 Å². The number of allylic oxidation sites excluding steroid dienone is 1. The highest BCUT2D eigenvalue weighted by atomic mass is 19.4. The Kier molecular flexibility index (Phi) is 6.24. The van der Waals surface area contributed by atoms with E-state index in [-0.39, 0.29) is 41.5 Å². The molecule has 0 unspecified atom stereocenters. The summed E-state index contributed by atoms with van der Waals surface area (Å²) in [7, 11) is 0. The maximum Gasteiger partial charge on any atom is 0.416 e. The first-order valence-corrected chi connectivity index (χ1v) is 11.2. The van der Waals surface area contributed by atoms with Crippen molar-refractivity contribution in [1.29, 1.82) is 0 Å². The highest BCUT2D eigenvalue weighted by molar-refractivity contribution is 6.12. The van der Waals surface area contributed by atoms with Crippen LogP contribution in [-0.4, -0.2) is 36.8 Å². The molecule has 8 heteroatoms. The summed E-state index contributed by atoms with van der Waals surface area (Å²) in [5.41, 5.74) is -0.451. The van der Waals surface area contributed by atoms with Gasteiger partial charge in [0.05, 0.1) is 23.2 Å². The Hall–Kier alpha value is -2.48. The lowest BCUT2D eigenvalue weighted by Gasteiger charge is -2.41. The summed E-state index contributed by atoms with van der Waals surface area (Å²) in [6, 6.07) is 5.15. The van der Waals surface area contributed by atoms with Gasteiger partial charge in [-0.2, -0.15) is 13.2 Å². The van der Waals surface area contributed by atoms with E-state index in [4.69, 9.17) is 9.47 Å². The van der Waals surface area contributed by atoms with Crippen LogP contribution in [0, 0.1) is 11.3 Å². The second-order valence-electron chi connectivity index (χ2n) is 9.86. The molecule has 0 bridgehead atoms. The lowest BCUT2D eigenvalue weighted by Crippen LogP contribution is -2.44. The summed E-state index contributed by atoms with van der Waals surface area (Å²) in [4.78, 5) is 31.1. The molecule has 1 aliphatic carbocycles. The van der Waals surface area contributed by atoms with E-state index in [0.29, 0.717) is 24.4 Å². The van der Waals surface area contributed by atoms with Gasteiger partial charge in [-0.1, -0.05) is 32.0 Å². The Morgan fingerprint density at radius 2 is 1.94 bits per heavy atom. The van der Waals surface area contributed by atoms with Gasteiger partial charge in [-0.3, -0.25) is 9.79 Å². The van der Waals surface area contributed by atoms with Gasteiger partial charge in [0.2, 0.25) is 0 Å². The number of halogens is 3. The number of alkyl halides is 3. The molecule has 0 radical (unpaired) electrons. The van der Waals surface area contributed by atoms with E-state index in [9.17, 15) is 22.8 Å². The molecule has 1 saturated heterocycles. The van der Waals surface area contributed by atoms with Crippen molar-refractivity contribution in [3.63, 3.8) is 0 Å². The summed E-state index contributed by atoms with van der Waals surface area (Å²) in [5, 5.41) is 0. The number of esters is 1. The second-order valence-corrected chi connectivity index (χ2v) is 9.86. The van der Waals surface area contributed by atoms with Crippen molar-refractivity contribution < 1.29 is 32.2 Å². The smallest absolute Gasteiger partial charge is 0.416 e. The summed E-state index contributed by atoms with van der Waals surface area (Å²) in [6.07, 6.45) is -2.56. The van der Waals surface area contributed by atoms with Crippen LogP contribution in [-0.2, 0) is 25.2 Å². The van der Waals surface area contributed by atoms with Crippen LogP contribution < -0.4 is 0 Å². The van der Waals surface area contributed by atoms with E-state index in [2.05, 4.69) is 4.99 Å². The van der Waals surface area contributed by atoms with Gasteiger partial charge in [-0.05, 0) is 43.2 Å². The van der Waals surface area contributed by atoms with E-state index < -0.39 is 29.5 Å². The third-order valence-electron chi connectivity index (χ3n) is 6.61. The Bertz CT molecular complexity index is 1020. The van der Waals surface area contributed by atoms with Crippen LogP contribution >= 0.6 is 0 Å². The van der Waals surface area contributed by atoms with Gasteiger partial charge in [-0.15, -0.1) is 0 Å². The summed E-state index contributed by atoms with van der Waals surface area (Å²) >= 11 is 0. The van der Waals surface area contributed by atoms with Crippen molar-refractivity contribution in [2.24, 2.45) is 16.3 Å². The molecule has 1 aromatic carbocycles. The average molecular weight is 463 g/mol. The average Bonchev–Trinajstić information content (AvgIpc) is 3.23. The third kappa shape index (κ3) is 4.76. The second kappa shape index (κ2) is 8.70. The topological polar surface area (TPSA) is 65.0 Å². The Morgan fingerprint density at radius 3 is 2.61 bits per heavy atom. The Labute approximate surface area is 191 Å². The van der Waals surface area contributed by atoms with Crippen LogP contribution in [0.15, 0.2) is 40.5 Å². The third-order valence-corrected chi connectivity index (χ3v) is 6.61. The maximum absolute atomic E-state index is 14.0. The van der Waals surface area contributed by atoms with Gasteiger partial charge in [0.25, 0.3) is 0 Å². The SMILES string of the molecule is CC1=C(C(=O)OC[C@@H]2CCCO2)[C@@H](c2ccccc2C(F)(F)F)[C@H]2C(=O)CC(C)(C)CC2=N1. The minimum absolute atomic E-state index is 0.0193. The fourth-order valence-corrected chi connectivity index (χ4v) is 5.24. The molecular formula is C25H28F3NO4. The lowest BCUT2D eigenvalue weighted by molar-refractivity contribution is -0.143. The number of hydrogen-bond acceptors (Lipinski definition) is 5. The molecule has 4 rings (SSSR count). The summed E-state index contributed by atoms with van der Waals surface area (Å²) in [6.45, 7) is 6.08. The first kappa shape index (κ1) is 23.7. The van der Waals surface area contributed by atoms with E-state index in [1.54, 1.807) is 6.92 Å². The zero-order valence-corrected chi connectivity index (χ0v) is 19.0. The zero-order chi connectivity index (χ0) is 24.0. The number of benzene rings is 1. The van der Waals surface area contributed by atoms with Crippen LogP contribution in [0.2, 0.25) is 0 Å². The molecule has 0 N–H and O–H groups in total. The molecular weight excluding hydrogens is 435 g/mol. The van der Waals surface area contributed by atoms with Crippen LogP contribution in [0.25, 0.3) is 0 Å². The first-order valence-electron chi connectivity index (χ1n) is 11.2. The normalized spacial score (nSPS) is 27.3. The molecule has 178 valence electrons. The fraction of sp³-hybridized carbons (Fsp3) is 0.560. The molecule has 2 fully saturated rings. The molecule has 1 saturated carbocycles. The van der Waals surface area contributed by atoms with Gasteiger partial charge < -0.3 is 9.47 Å². The summed E-state index contributed by atoms with van der Waals surface area (Å²) < 4.78 is 52.9. The highest BCUT2D eigenvalue weighted by Crippen LogP contribution is 2.49. The fourth-order valence-electron chi connectivity index (χ4n) is 5.24. The van der Waals surface area contributed by atoms with Crippen LogP contribution in [0.3, 0.4) is 0 Å². The van der Waals surface area contributed by atoms with Crippen molar-refractivity contribution in [2.75, 3.05) is 13.2 Å². The quantitative estimate of drug-likeness (QED) is 0.573. The monoisotopic (exact) mass is 463 g/mol. The minimum Gasteiger partial charge on any atom is -0.460 e. The Balaban J connectivity index is 1.80. The molecule has 2 heterocycles. The van der Waals surface area contributed by atoms with Crippen molar-refractivity contribution in [2.45, 2.75) is 64.7 Å². The molecule has 0 spiro atoms. The number of aliphatic imine (C=N–C) groups is 1. The molecule has 1 aromatic rings. The summed E-state index contributed by atoms with van der Waals surface area (Å²) in [5.74, 6) is -2.97. The molecule has 3 atom stereocenters. The van der Waals surface area contributed by atoms with Gasteiger partial charge >= 0.3 is 12.1 Å². The minimum atomic E-state index is -4.64. The highest BCUT2D eigenvalue weighted by Gasteiger charge is 2.49. The zero-order valence-electron chi connectivity index (χ0n) is 19.0. The number of carbonyl (C=O) groups excluding carboxylic acids is 2. The van der Waals surface area contributed by atoms with Crippen LogP contribution in [0.4, 0.5) is 13.2 Å². The molecule has 5 nitrogen and oxygen atoms in total. The number of nitrogens with zero attached hydrogens (tertiary/aromatic N) is 1. The van der Waals surface area contributed by atoms with Gasteiger partial charge in [-0.25, -0.2) is 4.79 Å². The van der Waals surface area contributed by atoms with Gasteiger partial charge in [0.1, 0.15) is 12.4 Å². The number of Topliss-reactive ketones (excluding diaryl/α,β-unsaturated/α-hetero) is 1. The van der Waals surface area contributed by atoms with Gasteiger partial charge in [0.15, 0.2) is 0 Å². The van der Waals surface area contributed by atoms with Crippen LogP contribution in [0.1, 0.15) is 63.5 Å². The predicted molar refractivity (Wildman–Crippen MR) is 116 cm³/mol.